The SMILES string of the molecule is CO/N=C(/CN1CCN(c2c(F)cc3c(=O)c(C(=O)O)cn(C4CC4)c3c2OC)CC1C)c1cc2ccccc2oc1=O. The molecule has 11 nitrogen and oxygen atoms in total. The fourth-order valence-electron chi connectivity index (χ4n) is 5.89. The van der Waals surface area contributed by atoms with Crippen molar-refractivity contribution in [2.24, 2.45) is 5.16 Å². The Morgan fingerprint density at radius 1 is 1.14 bits per heavy atom. The number of halogens is 1. The predicted octanol–water partition coefficient (Wildman–Crippen LogP) is 3.85. The molecule has 3 heterocycles. The van der Waals surface area contributed by atoms with Gasteiger partial charge in [-0.2, -0.15) is 0 Å². The molecule has 1 unspecified atom stereocenters. The zero-order valence-electron chi connectivity index (χ0n) is 24.0. The minimum absolute atomic E-state index is 0.00965. The van der Waals surface area contributed by atoms with E-state index in [9.17, 15) is 19.5 Å². The number of rotatable bonds is 8. The van der Waals surface area contributed by atoms with Crippen LogP contribution in [0.5, 0.6) is 5.75 Å². The lowest BCUT2D eigenvalue weighted by Crippen LogP contribution is -2.53. The number of ether oxygens (including phenoxy) is 1. The molecule has 1 N–H and O–H groups in total. The van der Waals surface area contributed by atoms with Gasteiger partial charge in [-0.05, 0) is 38.0 Å². The number of hydrogen-bond donors (Lipinski definition) is 1. The molecule has 2 aromatic heterocycles. The topological polar surface area (TPSA) is 127 Å². The Kier molecular flexibility index (Phi) is 7.38. The van der Waals surface area contributed by atoms with E-state index in [4.69, 9.17) is 14.0 Å². The average Bonchev–Trinajstić information content (AvgIpc) is 3.83. The number of carboxylic acids is 1. The van der Waals surface area contributed by atoms with Crippen molar-refractivity contribution >= 4 is 39.2 Å². The standard InChI is InChI=1S/C31H31FN4O7/c1-17-14-35(11-10-34(17)16-24(33-42-3)20-12-18-6-4-5-7-25(18)43-31(20)40)27-23(32)13-21-26(29(27)41-2)36(19-8-9-19)15-22(28(21)37)30(38)39/h4-7,12-13,15,17,19H,8-11,14,16H2,1-3H3,(H,38,39)/b33-24-. The summed E-state index contributed by atoms with van der Waals surface area (Å²) in [6.07, 6.45) is 2.99. The molecule has 12 heteroatoms. The van der Waals surface area contributed by atoms with Crippen molar-refractivity contribution in [3.05, 3.63) is 80.2 Å². The molecule has 1 saturated heterocycles. The summed E-state index contributed by atoms with van der Waals surface area (Å²) in [4.78, 5) is 46.8. The van der Waals surface area contributed by atoms with E-state index >= 15 is 4.39 Å². The van der Waals surface area contributed by atoms with E-state index in [0.717, 1.165) is 24.3 Å². The van der Waals surface area contributed by atoms with Crippen LogP contribution in [-0.2, 0) is 4.84 Å². The molecule has 0 amide bonds. The van der Waals surface area contributed by atoms with Gasteiger partial charge < -0.3 is 28.6 Å². The van der Waals surface area contributed by atoms with Crippen LogP contribution < -0.4 is 20.7 Å². The van der Waals surface area contributed by atoms with E-state index in [2.05, 4.69) is 10.1 Å². The van der Waals surface area contributed by atoms with Gasteiger partial charge in [0.15, 0.2) is 11.6 Å². The number of nitrogens with zero attached hydrogens (tertiary/aromatic N) is 4. The second kappa shape index (κ2) is 11.2. The zero-order valence-corrected chi connectivity index (χ0v) is 24.0. The van der Waals surface area contributed by atoms with E-state index in [1.807, 2.05) is 24.0 Å². The van der Waals surface area contributed by atoms with Crippen molar-refractivity contribution in [3.63, 3.8) is 0 Å². The second-order valence-corrected chi connectivity index (χ2v) is 10.9. The van der Waals surface area contributed by atoms with Crippen LogP contribution in [-0.4, -0.2) is 72.7 Å². The number of pyridine rings is 1. The summed E-state index contributed by atoms with van der Waals surface area (Å²) in [5.74, 6) is -1.82. The Morgan fingerprint density at radius 3 is 2.58 bits per heavy atom. The smallest absolute Gasteiger partial charge is 0.345 e. The summed E-state index contributed by atoms with van der Waals surface area (Å²) in [5.41, 5.74) is 0.150. The maximum atomic E-state index is 15.8. The number of para-hydroxylation sites is 1. The van der Waals surface area contributed by atoms with Gasteiger partial charge in [-0.15, -0.1) is 0 Å². The summed E-state index contributed by atoms with van der Waals surface area (Å²) >= 11 is 0. The van der Waals surface area contributed by atoms with E-state index < -0.39 is 28.4 Å². The van der Waals surface area contributed by atoms with Crippen molar-refractivity contribution < 1.29 is 28.3 Å². The number of carboxylic acid groups (broad SMARTS) is 1. The minimum Gasteiger partial charge on any atom is -0.492 e. The third-order valence-corrected chi connectivity index (χ3v) is 8.16. The summed E-state index contributed by atoms with van der Waals surface area (Å²) in [6, 6.07) is 10.00. The van der Waals surface area contributed by atoms with Crippen LogP contribution >= 0.6 is 0 Å². The summed E-state index contributed by atoms with van der Waals surface area (Å²) in [7, 11) is 2.84. The molecule has 1 aliphatic carbocycles. The Bertz CT molecular complexity index is 1900. The van der Waals surface area contributed by atoms with E-state index in [0.29, 0.717) is 48.6 Å². The number of benzene rings is 2. The summed E-state index contributed by atoms with van der Waals surface area (Å²) in [5, 5.41) is 14.5. The highest BCUT2D eigenvalue weighted by Crippen LogP contribution is 2.44. The van der Waals surface area contributed by atoms with E-state index in [-0.39, 0.29) is 28.9 Å². The molecular formula is C31H31FN4O7. The van der Waals surface area contributed by atoms with Crippen LogP contribution in [0, 0.1) is 5.82 Å². The molecular weight excluding hydrogens is 559 g/mol. The molecule has 0 radical (unpaired) electrons. The predicted molar refractivity (Wildman–Crippen MR) is 159 cm³/mol. The Labute approximate surface area is 245 Å². The molecule has 224 valence electrons. The molecule has 0 spiro atoms. The highest BCUT2D eigenvalue weighted by molar-refractivity contribution is 6.03. The third kappa shape index (κ3) is 5.11. The summed E-state index contributed by atoms with van der Waals surface area (Å²) < 4.78 is 28.8. The van der Waals surface area contributed by atoms with Crippen LogP contribution in [0.1, 0.15) is 41.7 Å². The van der Waals surface area contributed by atoms with Crippen LogP contribution in [0.3, 0.4) is 0 Å². The first kappa shape index (κ1) is 28.4. The van der Waals surface area contributed by atoms with Crippen molar-refractivity contribution in [2.75, 3.05) is 45.3 Å². The minimum atomic E-state index is -1.35. The molecule has 6 rings (SSSR count). The number of carbonyl (C=O) groups is 1. The normalized spacial score (nSPS) is 17.9. The molecule has 2 fully saturated rings. The quantitative estimate of drug-likeness (QED) is 0.185. The van der Waals surface area contributed by atoms with Crippen LogP contribution in [0.2, 0.25) is 0 Å². The highest BCUT2D eigenvalue weighted by Gasteiger charge is 2.34. The molecule has 43 heavy (non-hydrogen) atoms. The lowest BCUT2D eigenvalue weighted by Gasteiger charge is -2.41. The lowest BCUT2D eigenvalue weighted by atomic mass is 10.1. The van der Waals surface area contributed by atoms with Crippen molar-refractivity contribution in [2.45, 2.75) is 31.8 Å². The summed E-state index contributed by atoms with van der Waals surface area (Å²) in [6.45, 7) is 3.60. The third-order valence-electron chi connectivity index (χ3n) is 8.16. The van der Waals surface area contributed by atoms with Crippen LogP contribution in [0.15, 0.2) is 61.8 Å². The zero-order chi connectivity index (χ0) is 30.4. The van der Waals surface area contributed by atoms with Crippen LogP contribution in [0.25, 0.3) is 21.9 Å². The number of anilines is 1. The van der Waals surface area contributed by atoms with E-state index in [1.165, 1.54) is 20.4 Å². The number of aromatic carboxylic acids is 1. The van der Waals surface area contributed by atoms with Gasteiger partial charge in [0.1, 0.15) is 29.7 Å². The molecule has 1 aliphatic heterocycles. The largest absolute Gasteiger partial charge is 0.492 e. The molecule has 1 atom stereocenters. The van der Waals surface area contributed by atoms with E-state index in [1.54, 1.807) is 22.8 Å². The van der Waals surface area contributed by atoms with Crippen molar-refractivity contribution in [1.82, 2.24) is 9.47 Å². The first-order valence-corrected chi connectivity index (χ1v) is 14.0. The molecule has 0 bridgehead atoms. The number of fused-ring (bicyclic) bond motifs is 2. The number of hydrogen-bond acceptors (Lipinski definition) is 9. The molecule has 4 aromatic rings. The number of aromatic nitrogens is 1. The van der Waals surface area contributed by atoms with Gasteiger partial charge in [-0.1, -0.05) is 23.4 Å². The maximum absolute atomic E-state index is 15.8. The molecule has 2 aliphatic rings. The van der Waals surface area contributed by atoms with Gasteiger partial charge in [0.2, 0.25) is 5.43 Å². The lowest BCUT2D eigenvalue weighted by molar-refractivity contribution is 0.0694. The van der Waals surface area contributed by atoms with Gasteiger partial charge in [0.05, 0.1) is 23.6 Å². The first-order chi connectivity index (χ1) is 20.7. The number of oxime groups is 1. The fourth-order valence-corrected chi connectivity index (χ4v) is 5.89. The van der Waals surface area contributed by atoms with Crippen LogP contribution in [0.4, 0.5) is 10.1 Å². The molecule has 2 aromatic carbocycles. The second-order valence-electron chi connectivity index (χ2n) is 10.9. The maximum Gasteiger partial charge on any atom is 0.345 e. The molecule has 1 saturated carbocycles. The Hall–Kier alpha value is -4.71. The fraction of sp³-hybridized carbons (Fsp3) is 0.355. The van der Waals surface area contributed by atoms with Gasteiger partial charge >= 0.3 is 11.6 Å². The monoisotopic (exact) mass is 590 g/mol. The number of piperazine rings is 1. The van der Waals surface area contributed by atoms with Crippen molar-refractivity contribution in [1.29, 1.82) is 0 Å². The average molecular weight is 591 g/mol. The Morgan fingerprint density at radius 2 is 1.91 bits per heavy atom. The van der Waals surface area contributed by atoms with Gasteiger partial charge in [-0.3, -0.25) is 9.69 Å². The van der Waals surface area contributed by atoms with Gasteiger partial charge in [0, 0.05) is 49.8 Å². The first-order valence-electron chi connectivity index (χ1n) is 14.0. The van der Waals surface area contributed by atoms with Gasteiger partial charge in [-0.25, -0.2) is 14.0 Å². The highest BCUT2D eigenvalue weighted by atomic mass is 19.1. The van der Waals surface area contributed by atoms with Gasteiger partial charge in [0.25, 0.3) is 0 Å². The number of methoxy groups -OCH3 is 1. The van der Waals surface area contributed by atoms with Crippen molar-refractivity contribution in [3.8, 4) is 5.75 Å². The Balaban J connectivity index is 1.32.